The number of hydrogen-bond acceptors (Lipinski definition) is 1. The van der Waals surface area contributed by atoms with Crippen molar-refractivity contribution in [2.24, 2.45) is 0 Å². The van der Waals surface area contributed by atoms with Crippen molar-refractivity contribution < 1.29 is 0 Å². The molecule has 1 spiro atoms. The Balaban J connectivity index is 0.866. The summed E-state index contributed by atoms with van der Waals surface area (Å²) in [6.07, 6.45) is 0. The first kappa shape index (κ1) is 40.1. The van der Waals surface area contributed by atoms with Crippen LogP contribution in [0.4, 0.5) is 17.1 Å². The van der Waals surface area contributed by atoms with E-state index in [4.69, 9.17) is 0 Å². The Morgan fingerprint density at radius 3 is 1.48 bits per heavy atom. The van der Waals surface area contributed by atoms with E-state index in [1.54, 1.807) is 0 Å². The van der Waals surface area contributed by atoms with Crippen LogP contribution in [0.5, 0.6) is 0 Å². The molecular formula is C67H44B2N2. The summed E-state index contributed by atoms with van der Waals surface area (Å²) in [7, 11) is 0. The van der Waals surface area contributed by atoms with Gasteiger partial charge in [-0.05, 0) is 104 Å². The van der Waals surface area contributed by atoms with E-state index in [0.717, 1.165) is 0 Å². The predicted molar refractivity (Wildman–Crippen MR) is 300 cm³/mol. The Labute approximate surface area is 414 Å². The van der Waals surface area contributed by atoms with Crippen LogP contribution in [0, 0.1) is 0 Å². The zero-order valence-electron chi connectivity index (χ0n) is 39.0. The van der Waals surface area contributed by atoms with E-state index in [-0.39, 0.29) is 13.4 Å². The molecule has 0 amide bonds. The van der Waals surface area contributed by atoms with Gasteiger partial charge < -0.3 is 9.47 Å². The lowest BCUT2D eigenvalue weighted by atomic mass is 9.25. The van der Waals surface area contributed by atoms with E-state index >= 15 is 0 Å². The Kier molecular flexibility index (Phi) is 8.80. The SMILES string of the molecule is c1ccc(N2c3ccccc3B3c4ccccc4C4(c5ccccc5B(c5cccc(-c6ccc(-c7ccc8c9ccccc9n(-c9ccccc9)c8c7)cc6)c5)c5ccccc54)c4cccc2c43)cc1. The summed E-state index contributed by atoms with van der Waals surface area (Å²) in [6.45, 7) is 0.115. The lowest BCUT2D eigenvalue weighted by molar-refractivity contribution is 0.757. The second-order valence-electron chi connectivity index (χ2n) is 19.5. The van der Waals surface area contributed by atoms with Crippen LogP contribution in [0.25, 0.3) is 49.7 Å². The van der Waals surface area contributed by atoms with Crippen LogP contribution in [0.3, 0.4) is 0 Å². The van der Waals surface area contributed by atoms with Crippen molar-refractivity contribution in [3.63, 3.8) is 0 Å². The smallest absolute Gasteiger partial charge is 0.247 e. The molecule has 11 aromatic carbocycles. The van der Waals surface area contributed by atoms with Crippen LogP contribution in [0.1, 0.15) is 22.3 Å². The lowest BCUT2D eigenvalue weighted by Crippen LogP contribution is -2.69. The van der Waals surface area contributed by atoms with Gasteiger partial charge in [-0.3, -0.25) is 0 Å². The molecular weight excluding hydrogens is 854 g/mol. The number of hydrogen-bond donors (Lipinski definition) is 0. The van der Waals surface area contributed by atoms with Gasteiger partial charge in [-0.1, -0.05) is 240 Å². The molecule has 3 aliphatic rings. The van der Waals surface area contributed by atoms with E-state index in [2.05, 4.69) is 276 Å². The number of para-hydroxylation sites is 4. The highest BCUT2D eigenvalue weighted by atomic mass is 15.1. The molecule has 15 rings (SSSR count). The van der Waals surface area contributed by atoms with Gasteiger partial charge in [-0.2, -0.15) is 0 Å². The first-order valence-corrected chi connectivity index (χ1v) is 24.9. The second-order valence-corrected chi connectivity index (χ2v) is 19.5. The molecule has 4 heterocycles. The van der Waals surface area contributed by atoms with Crippen molar-refractivity contribution in [2.45, 2.75) is 5.41 Å². The molecule has 2 nitrogen and oxygen atoms in total. The van der Waals surface area contributed by atoms with Crippen molar-refractivity contribution in [3.05, 3.63) is 289 Å². The normalized spacial score (nSPS) is 13.7. The fourth-order valence-electron chi connectivity index (χ4n) is 13.2. The minimum absolute atomic E-state index is 0.0290. The van der Waals surface area contributed by atoms with Crippen molar-refractivity contribution in [2.75, 3.05) is 4.90 Å². The van der Waals surface area contributed by atoms with Crippen LogP contribution < -0.4 is 37.7 Å². The standard InChI is InChI=1S/C67H44B2N2/c1-3-21-50(22-4-1)70-62-34-15-7-25-52(62)53-42-41-48(44-65(53)70)46-39-37-45(38-40-46)47-19-17-20-49(43-47)68-58-30-11-8-26-54(58)67(55-27-9-12-31-59(55)68)56-28-10-13-32-60(56)69-61-33-14-16-35-63(61)71(51-23-5-2-6-24-51)64-36-18-29-57(67)66(64)69/h1-44H. The van der Waals surface area contributed by atoms with Crippen LogP contribution in [-0.4, -0.2) is 18.0 Å². The Hall–Kier alpha value is -8.85. The quantitative estimate of drug-likeness (QED) is 0.156. The Bertz CT molecular complexity index is 4030. The predicted octanol–water partition coefficient (Wildman–Crippen LogP) is 11.9. The molecule has 0 fully saturated rings. The number of rotatable bonds is 5. The maximum Gasteiger partial charge on any atom is 0.247 e. The van der Waals surface area contributed by atoms with Crippen LogP contribution in [0.15, 0.2) is 267 Å². The van der Waals surface area contributed by atoms with E-state index in [1.807, 2.05) is 0 Å². The molecule has 0 saturated heterocycles. The maximum absolute atomic E-state index is 2.50. The third kappa shape index (κ3) is 5.73. The highest BCUT2D eigenvalue weighted by molar-refractivity contribution is 6.99. The first-order chi connectivity index (χ1) is 35.3. The summed E-state index contributed by atoms with van der Waals surface area (Å²) in [5, 5.41) is 2.53. The fraction of sp³-hybridized carbons (Fsp3) is 0.0149. The molecule has 3 aliphatic heterocycles. The highest BCUT2D eigenvalue weighted by Crippen LogP contribution is 2.49. The van der Waals surface area contributed by atoms with E-state index < -0.39 is 5.41 Å². The van der Waals surface area contributed by atoms with Crippen LogP contribution >= 0.6 is 0 Å². The zero-order valence-corrected chi connectivity index (χ0v) is 39.0. The third-order valence-electron chi connectivity index (χ3n) is 16.0. The zero-order chi connectivity index (χ0) is 46.6. The van der Waals surface area contributed by atoms with Gasteiger partial charge in [0.05, 0.1) is 16.4 Å². The molecule has 71 heavy (non-hydrogen) atoms. The summed E-state index contributed by atoms with van der Waals surface area (Å²) < 4.78 is 2.40. The van der Waals surface area contributed by atoms with Crippen molar-refractivity contribution in [1.29, 1.82) is 0 Å². The summed E-state index contributed by atoms with van der Waals surface area (Å²) in [4.78, 5) is 2.50. The summed E-state index contributed by atoms with van der Waals surface area (Å²) >= 11 is 0. The number of fused-ring (bicyclic) bond motifs is 13. The third-order valence-corrected chi connectivity index (χ3v) is 16.0. The topological polar surface area (TPSA) is 8.17 Å². The highest BCUT2D eigenvalue weighted by Gasteiger charge is 2.55. The van der Waals surface area contributed by atoms with Gasteiger partial charge in [0.2, 0.25) is 13.4 Å². The van der Waals surface area contributed by atoms with Crippen molar-refractivity contribution in [1.82, 2.24) is 4.57 Å². The Morgan fingerprint density at radius 2 is 0.789 bits per heavy atom. The number of aromatic nitrogens is 1. The van der Waals surface area contributed by atoms with Crippen molar-refractivity contribution >= 4 is 85.1 Å². The van der Waals surface area contributed by atoms with Gasteiger partial charge in [0.25, 0.3) is 0 Å². The maximum atomic E-state index is 2.50. The summed E-state index contributed by atoms with van der Waals surface area (Å²) in [5.41, 5.74) is 25.1. The van der Waals surface area contributed by atoms with Gasteiger partial charge in [-0.15, -0.1) is 0 Å². The van der Waals surface area contributed by atoms with E-state index in [0.29, 0.717) is 0 Å². The largest absolute Gasteiger partial charge is 0.312 e. The second kappa shape index (κ2) is 15.6. The molecule has 0 unspecified atom stereocenters. The minimum atomic E-state index is -0.553. The fourth-order valence-corrected chi connectivity index (χ4v) is 13.2. The molecule has 0 radical (unpaired) electrons. The molecule has 328 valence electrons. The minimum Gasteiger partial charge on any atom is -0.312 e. The van der Waals surface area contributed by atoms with Gasteiger partial charge >= 0.3 is 0 Å². The molecule has 0 atom stereocenters. The van der Waals surface area contributed by atoms with Crippen LogP contribution in [-0.2, 0) is 5.41 Å². The van der Waals surface area contributed by atoms with Gasteiger partial charge in [0, 0.05) is 33.5 Å². The lowest BCUT2D eigenvalue weighted by Gasteiger charge is -2.51. The molecule has 0 N–H and O–H groups in total. The molecule has 4 heteroatoms. The van der Waals surface area contributed by atoms with Crippen molar-refractivity contribution in [3.8, 4) is 27.9 Å². The van der Waals surface area contributed by atoms with Gasteiger partial charge in [0.15, 0.2) is 0 Å². The van der Waals surface area contributed by atoms with E-state index in [9.17, 15) is 0 Å². The van der Waals surface area contributed by atoms with Crippen LogP contribution in [0.2, 0.25) is 0 Å². The van der Waals surface area contributed by atoms with Gasteiger partial charge in [-0.25, -0.2) is 0 Å². The first-order valence-electron chi connectivity index (χ1n) is 24.9. The number of benzene rings is 11. The van der Waals surface area contributed by atoms with Gasteiger partial charge in [0.1, 0.15) is 0 Å². The summed E-state index contributed by atoms with van der Waals surface area (Å²) in [6, 6.07) is 100.0. The average Bonchev–Trinajstić information content (AvgIpc) is 3.79. The molecule has 0 bridgehead atoms. The monoisotopic (exact) mass is 898 g/mol. The molecule has 1 aromatic heterocycles. The van der Waals surface area contributed by atoms with E-state index in [1.165, 1.54) is 122 Å². The Morgan fingerprint density at radius 1 is 0.296 bits per heavy atom. The molecule has 0 aliphatic carbocycles. The molecule has 12 aromatic rings. The number of nitrogens with zero attached hydrogens (tertiary/aromatic N) is 2. The summed E-state index contributed by atoms with van der Waals surface area (Å²) in [5.74, 6) is 0. The molecule has 0 saturated carbocycles. The number of anilines is 3. The average molecular weight is 899 g/mol.